The molecule has 0 atom stereocenters. The van der Waals surface area contributed by atoms with Crippen LogP contribution >= 0.6 is 32.9 Å². The molecule has 0 amide bonds. The number of nitrogens with zero attached hydrogens (tertiary/aromatic N) is 2. The molecule has 1 aromatic heterocycles. The Balaban J connectivity index is 0.00000240. The van der Waals surface area contributed by atoms with Crippen molar-refractivity contribution < 1.29 is 4.79 Å². The number of carbonyl (C=O) groups is 1. The van der Waals surface area contributed by atoms with Crippen molar-refractivity contribution in [1.82, 2.24) is 9.13 Å². The predicted molar refractivity (Wildman–Crippen MR) is 125 cm³/mol. The highest BCUT2D eigenvalue weighted by Crippen LogP contribution is 2.17. The third-order valence-electron chi connectivity index (χ3n) is 4.90. The summed E-state index contributed by atoms with van der Waals surface area (Å²) in [5.41, 5.74) is 5.16. The Kier molecular flexibility index (Phi) is 6.55. The molecule has 1 heterocycles. The van der Waals surface area contributed by atoms with Crippen LogP contribution in [0.15, 0.2) is 77.3 Å². The molecule has 29 heavy (non-hydrogen) atoms. The first kappa shape index (κ1) is 21.3. The molecule has 0 aliphatic rings. The third kappa shape index (κ3) is 4.43. The van der Waals surface area contributed by atoms with E-state index in [1.807, 2.05) is 53.1 Å². The van der Waals surface area contributed by atoms with E-state index in [1.165, 1.54) is 5.56 Å². The van der Waals surface area contributed by atoms with E-state index in [9.17, 15) is 4.79 Å². The Morgan fingerprint density at radius 1 is 0.897 bits per heavy atom. The summed E-state index contributed by atoms with van der Waals surface area (Å²) in [5.74, 6) is -0.00996. The molecule has 0 saturated heterocycles. The first-order valence-corrected chi connectivity index (χ1v) is 9.89. The zero-order valence-corrected chi connectivity index (χ0v) is 19.2. The number of imidazole rings is 1. The number of para-hydroxylation sites is 2. The molecule has 0 aliphatic heterocycles. The summed E-state index contributed by atoms with van der Waals surface area (Å²) in [4.78, 5) is 12.8. The van der Waals surface area contributed by atoms with Crippen LogP contribution in [0.1, 0.15) is 21.5 Å². The van der Waals surface area contributed by atoms with E-state index < -0.39 is 0 Å². The maximum atomic E-state index is 12.8. The summed E-state index contributed by atoms with van der Waals surface area (Å²) in [5, 5.41) is 8.72. The Labute approximate surface area is 188 Å². The average molecular weight is 515 g/mol. The van der Waals surface area contributed by atoms with Crippen molar-refractivity contribution in [1.29, 1.82) is 5.41 Å². The van der Waals surface area contributed by atoms with Crippen LogP contribution in [0.4, 0.5) is 0 Å². The molecule has 4 aromatic rings. The van der Waals surface area contributed by atoms with Crippen molar-refractivity contribution in [2.24, 2.45) is 0 Å². The molecule has 6 heteroatoms. The number of benzene rings is 3. The number of aromatic nitrogens is 2. The number of nitrogens with one attached hydrogen (secondary N) is 1. The Morgan fingerprint density at radius 3 is 2.10 bits per heavy atom. The summed E-state index contributed by atoms with van der Waals surface area (Å²) in [6.07, 6.45) is 0. The van der Waals surface area contributed by atoms with Crippen LogP contribution in [0, 0.1) is 12.3 Å². The van der Waals surface area contributed by atoms with E-state index in [0.717, 1.165) is 21.1 Å². The Bertz CT molecular complexity index is 1210. The molecular weight excluding hydrogens is 494 g/mol. The molecular formula is C23H21Br2N3O. The number of carbonyl (C=O) groups excluding carboxylic acids is 1. The van der Waals surface area contributed by atoms with Gasteiger partial charge in [0, 0.05) is 10.0 Å². The van der Waals surface area contributed by atoms with Gasteiger partial charge in [-0.2, -0.15) is 0 Å². The van der Waals surface area contributed by atoms with Crippen molar-refractivity contribution in [2.75, 3.05) is 0 Å². The lowest BCUT2D eigenvalue weighted by Crippen LogP contribution is -2.27. The van der Waals surface area contributed by atoms with Crippen LogP contribution in [0.2, 0.25) is 0 Å². The van der Waals surface area contributed by atoms with Crippen molar-refractivity contribution in [3.63, 3.8) is 0 Å². The highest BCUT2D eigenvalue weighted by Gasteiger charge is 2.14. The van der Waals surface area contributed by atoms with Gasteiger partial charge in [-0.25, -0.2) is 0 Å². The molecule has 4 rings (SSSR count). The van der Waals surface area contributed by atoms with Gasteiger partial charge in [-0.15, -0.1) is 17.0 Å². The molecule has 4 nitrogen and oxygen atoms in total. The van der Waals surface area contributed by atoms with E-state index in [-0.39, 0.29) is 29.3 Å². The Morgan fingerprint density at radius 2 is 1.48 bits per heavy atom. The van der Waals surface area contributed by atoms with Gasteiger partial charge in [0.1, 0.15) is 0 Å². The minimum atomic E-state index is -0.00996. The minimum absolute atomic E-state index is 0. The zero-order chi connectivity index (χ0) is 19.7. The lowest BCUT2D eigenvalue weighted by Gasteiger charge is -2.06. The molecule has 3 aromatic carbocycles. The quantitative estimate of drug-likeness (QED) is 0.351. The van der Waals surface area contributed by atoms with E-state index in [1.54, 1.807) is 4.57 Å². The number of Topliss-reactive ketones (excluding diaryl/α,β-unsaturated/α-hetero) is 1. The number of ketones is 1. The second-order valence-electron chi connectivity index (χ2n) is 6.90. The van der Waals surface area contributed by atoms with E-state index in [2.05, 4.69) is 47.1 Å². The second-order valence-corrected chi connectivity index (χ2v) is 7.82. The number of hydrogen-bond donors (Lipinski definition) is 1. The number of fused-ring (bicyclic) bond motifs is 1. The summed E-state index contributed by atoms with van der Waals surface area (Å²) in [6.45, 7) is 2.80. The van der Waals surface area contributed by atoms with Gasteiger partial charge >= 0.3 is 0 Å². The number of hydrogen-bond acceptors (Lipinski definition) is 2. The fraction of sp³-hybridized carbons (Fsp3) is 0.130. The molecule has 0 saturated carbocycles. The molecule has 0 unspecified atom stereocenters. The first-order chi connectivity index (χ1) is 13.5. The second kappa shape index (κ2) is 8.93. The van der Waals surface area contributed by atoms with Crippen LogP contribution in [0.3, 0.4) is 0 Å². The Hall–Kier alpha value is -2.44. The molecule has 0 fully saturated rings. The first-order valence-electron chi connectivity index (χ1n) is 9.10. The SMILES string of the molecule is Br.Cc1ccc(Cn2c(=N)n(CC(=O)c3ccc(Br)cc3)c3ccccc32)cc1. The van der Waals surface area contributed by atoms with Crippen LogP contribution in [0.5, 0.6) is 0 Å². The van der Waals surface area contributed by atoms with Crippen LogP contribution in [0.25, 0.3) is 11.0 Å². The highest BCUT2D eigenvalue weighted by atomic mass is 79.9. The van der Waals surface area contributed by atoms with Crippen molar-refractivity contribution in [2.45, 2.75) is 20.0 Å². The molecule has 1 N–H and O–H groups in total. The van der Waals surface area contributed by atoms with E-state index in [4.69, 9.17) is 5.41 Å². The van der Waals surface area contributed by atoms with E-state index in [0.29, 0.717) is 17.7 Å². The largest absolute Gasteiger partial charge is 0.306 e. The number of rotatable bonds is 5. The summed E-state index contributed by atoms with van der Waals surface area (Å²) >= 11 is 3.39. The molecule has 148 valence electrons. The van der Waals surface area contributed by atoms with Crippen molar-refractivity contribution >= 4 is 49.7 Å². The third-order valence-corrected chi connectivity index (χ3v) is 5.43. The predicted octanol–water partition coefficient (Wildman–Crippen LogP) is 5.50. The van der Waals surface area contributed by atoms with E-state index >= 15 is 0 Å². The van der Waals surface area contributed by atoms with Gasteiger partial charge in [0.25, 0.3) is 0 Å². The van der Waals surface area contributed by atoms with Gasteiger partial charge in [-0.3, -0.25) is 10.2 Å². The molecule has 0 aliphatic carbocycles. The van der Waals surface area contributed by atoms with Crippen LogP contribution in [-0.4, -0.2) is 14.9 Å². The van der Waals surface area contributed by atoms with Crippen LogP contribution < -0.4 is 5.62 Å². The van der Waals surface area contributed by atoms with Gasteiger partial charge in [0.2, 0.25) is 5.62 Å². The molecule has 0 radical (unpaired) electrons. The van der Waals surface area contributed by atoms with Gasteiger partial charge in [-0.05, 0) is 36.8 Å². The van der Waals surface area contributed by atoms with Gasteiger partial charge < -0.3 is 9.13 Å². The fourth-order valence-electron chi connectivity index (χ4n) is 3.36. The maximum Gasteiger partial charge on any atom is 0.203 e. The van der Waals surface area contributed by atoms with Crippen LogP contribution in [-0.2, 0) is 13.1 Å². The van der Waals surface area contributed by atoms with Crippen molar-refractivity contribution in [3.8, 4) is 0 Å². The normalized spacial score (nSPS) is 10.7. The monoisotopic (exact) mass is 513 g/mol. The van der Waals surface area contributed by atoms with Gasteiger partial charge in [-0.1, -0.05) is 70.0 Å². The standard InChI is InChI=1S/C23H20BrN3O.BrH/c1-16-6-8-17(9-7-16)14-26-20-4-2-3-5-21(20)27(23(26)25)15-22(28)18-10-12-19(24)13-11-18;/h2-13,25H,14-15H2,1H3;1H. The average Bonchev–Trinajstić information content (AvgIpc) is 2.96. The number of aryl methyl sites for hydroxylation is 1. The maximum absolute atomic E-state index is 12.8. The summed E-state index contributed by atoms with van der Waals surface area (Å²) in [7, 11) is 0. The van der Waals surface area contributed by atoms with Gasteiger partial charge in [0.15, 0.2) is 5.78 Å². The summed E-state index contributed by atoms with van der Waals surface area (Å²) in [6, 6.07) is 23.5. The van der Waals surface area contributed by atoms with Gasteiger partial charge in [0.05, 0.1) is 24.1 Å². The molecule has 0 bridgehead atoms. The summed E-state index contributed by atoms with van der Waals surface area (Å²) < 4.78 is 4.68. The molecule has 0 spiro atoms. The smallest absolute Gasteiger partial charge is 0.203 e. The topological polar surface area (TPSA) is 50.8 Å². The zero-order valence-electron chi connectivity index (χ0n) is 15.9. The minimum Gasteiger partial charge on any atom is -0.306 e. The fourth-order valence-corrected chi connectivity index (χ4v) is 3.63. The lowest BCUT2D eigenvalue weighted by molar-refractivity contribution is 0.0971. The highest BCUT2D eigenvalue weighted by molar-refractivity contribution is 9.10. The van der Waals surface area contributed by atoms with Crippen molar-refractivity contribution in [3.05, 3.63) is 99.6 Å². The lowest BCUT2D eigenvalue weighted by atomic mass is 10.1. The number of halogens is 2.